The Morgan fingerprint density at radius 1 is 1.47 bits per heavy atom. The zero-order valence-electron chi connectivity index (χ0n) is 10.5. The number of hydrogen-bond donors (Lipinski definition) is 0. The van der Waals surface area contributed by atoms with Crippen LogP contribution in [0.15, 0.2) is 12.7 Å². The van der Waals surface area contributed by atoms with E-state index in [0.717, 1.165) is 12.8 Å². The van der Waals surface area contributed by atoms with Crippen LogP contribution in [0.4, 0.5) is 0 Å². The Balaban J connectivity index is 2.42. The van der Waals surface area contributed by atoms with E-state index >= 15 is 0 Å². The van der Waals surface area contributed by atoms with Gasteiger partial charge in [0.2, 0.25) is 0 Å². The van der Waals surface area contributed by atoms with Gasteiger partial charge in [-0.15, -0.1) is 0 Å². The van der Waals surface area contributed by atoms with Crippen molar-refractivity contribution in [3.63, 3.8) is 0 Å². The van der Waals surface area contributed by atoms with Crippen molar-refractivity contribution in [1.29, 1.82) is 0 Å². The normalized spacial score (nSPS) is 28.5. The van der Waals surface area contributed by atoms with Crippen LogP contribution in [0.3, 0.4) is 0 Å². The van der Waals surface area contributed by atoms with E-state index in [1.807, 2.05) is 6.92 Å². The molecule has 1 heterocycles. The zero-order valence-corrected chi connectivity index (χ0v) is 10.5. The van der Waals surface area contributed by atoms with E-state index in [-0.39, 0.29) is 42.9 Å². The molecule has 0 aromatic heterocycles. The highest BCUT2D eigenvalue weighted by Gasteiger charge is 2.32. The molecular weight excluding hydrogens is 220 g/mol. The van der Waals surface area contributed by atoms with Crippen molar-refractivity contribution < 1.29 is 19.1 Å². The van der Waals surface area contributed by atoms with E-state index in [2.05, 4.69) is 6.58 Å². The van der Waals surface area contributed by atoms with Crippen molar-refractivity contribution in [3.8, 4) is 0 Å². The third kappa shape index (κ3) is 4.30. The molecule has 1 saturated heterocycles. The Morgan fingerprint density at radius 2 is 2.18 bits per heavy atom. The van der Waals surface area contributed by atoms with Gasteiger partial charge in [-0.05, 0) is 25.7 Å². The molecule has 4 heteroatoms. The average molecular weight is 240 g/mol. The molecule has 0 unspecified atom stereocenters. The van der Waals surface area contributed by atoms with Gasteiger partial charge < -0.3 is 9.47 Å². The molecule has 1 rings (SSSR count). The third-order valence-corrected chi connectivity index (χ3v) is 2.96. The molecule has 1 fully saturated rings. The maximum Gasteiger partial charge on any atom is 0.308 e. The van der Waals surface area contributed by atoms with Crippen LogP contribution in [0.1, 0.15) is 33.1 Å². The molecule has 1 aliphatic heterocycles. The molecule has 0 amide bonds. The highest BCUT2D eigenvalue weighted by atomic mass is 16.5. The SMILES string of the molecule is C=CCOC(=O)C[C@H]1CC[C@H](C)[C@@H](C(C)=O)O1. The van der Waals surface area contributed by atoms with Gasteiger partial charge in [0.15, 0.2) is 5.78 Å². The number of Topliss-reactive ketones (excluding diaryl/α,β-unsaturated/α-hetero) is 1. The number of carbonyl (C=O) groups excluding carboxylic acids is 2. The van der Waals surface area contributed by atoms with Gasteiger partial charge >= 0.3 is 5.97 Å². The molecule has 4 nitrogen and oxygen atoms in total. The quantitative estimate of drug-likeness (QED) is 0.544. The minimum Gasteiger partial charge on any atom is -0.461 e. The average Bonchev–Trinajstić information content (AvgIpc) is 2.28. The first kappa shape index (κ1) is 13.9. The summed E-state index contributed by atoms with van der Waals surface area (Å²) in [5.74, 6) is -0.0404. The van der Waals surface area contributed by atoms with E-state index < -0.39 is 0 Å². The van der Waals surface area contributed by atoms with Gasteiger partial charge in [-0.25, -0.2) is 0 Å². The van der Waals surface area contributed by atoms with E-state index in [0.29, 0.717) is 0 Å². The molecular formula is C13H20O4. The highest BCUT2D eigenvalue weighted by molar-refractivity contribution is 5.81. The van der Waals surface area contributed by atoms with Gasteiger partial charge in [0.05, 0.1) is 12.5 Å². The van der Waals surface area contributed by atoms with Crippen molar-refractivity contribution in [2.45, 2.75) is 45.3 Å². The predicted molar refractivity (Wildman–Crippen MR) is 63.5 cm³/mol. The molecule has 3 atom stereocenters. The maximum absolute atomic E-state index is 11.4. The van der Waals surface area contributed by atoms with Crippen LogP contribution in [0.2, 0.25) is 0 Å². The van der Waals surface area contributed by atoms with Crippen molar-refractivity contribution >= 4 is 11.8 Å². The zero-order chi connectivity index (χ0) is 12.8. The minimum atomic E-state index is -0.374. The number of esters is 1. The van der Waals surface area contributed by atoms with Crippen molar-refractivity contribution in [3.05, 3.63) is 12.7 Å². The van der Waals surface area contributed by atoms with Crippen LogP contribution < -0.4 is 0 Å². The van der Waals surface area contributed by atoms with Crippen LogP contribution in [0, 0.1) is 5.92 Å². The molecule has 1 aliphatic rings. The van der Waals surface area contributed by atoms with Crippen molar-refractivity contribution in [2.24, 2.45) is 5.92 Å². The van der Waals surface area contributed by atoms with E-state index in [1.54, 1.807) is 0 Å². The van der Waals surface area contributed by atoms with Crippen molar-refractivity contribution in [2.75, 3.05) is 6.61 Å². The molecule has 0 aromatic carbocycles. The monoisotopic (exact) mass is 240 g/mol. The molecule has 0 aliphatic carbocycles. The van der Waals surface area contributed by atoms with Crippen LogP contribution in [0.5, 0.6) is 0 Å². The maximum atomic E-state index is 11.4. The van der Waals surface area contributed by atoms with Gasteiger partial charge in [0.25, 0.3) is 0 Å². The number of carbonyl (C=O) groups is 2. The molecule has 0 spiro atoms. The lowest BCUT2D eigenvalue weighted by molar-refractivity contribution is -0.156. The summed E-state index contributed by atoms with van der Waals surface area (Å²) in [6, 6.07) is 0. The van der Waals surface area contributed by atoms with Crippen LogP contribution in [-0.2, 0) is 19.1 Å². The van der Waals surface area contributed by atoms with Gasteiger partial charge in [-0.2, -0.15) is 0 Å². The molecule has 0 aromatic rings. The number of ether oxygens (including phenoxy) is 2. The van der Waals surface area contributed by atoms with Crippen molar-refractivity contribution in [1.82, 2.24) is 0 Å². The van der Waals surface area contributed by atoms with E-state index in [9.17, 15) is 9.59 Å². The summed E-state index contributed by atoms with van der Waals surface area (Å²) in [5, 5.41) is 0. The molecule has 17 heavy (non-hydrogen) atoms. The summed E-state index contributed by atoms with van der Waals surface area (Å²) in [4.78, 5) is 22.8. The van der Waals surface area contributed by atoms with Crippen LogP contribution >= 0.6 is 0 Å². The third-order valence-electron chi connectivity index (χ3n) is 2.96. The van der Waals surface area contributed by atoms with Gasteiger partial charge in [0, 0.05) is 0 Å². The Morgan fingerprint density at radius 3 is 2.76 bits per heavy atom. The largest absolute Gasteiger partial charge is 0.461 e. The minimum absolute atomic E-state index is 0.0293. The summed E-state index contributed by atoms with van der Waals surface area (Å²) in [5.41, 5.74) is 0. The molecule has 96 valence electrons. The number of hydrogen-bond acceptors (Lipinski definition) is 4. The fraction of sp³-hybridized carbons (Fsp3) is 0.692. The lowest BCUT2D eigenvalue weighted by atomic mass is 9.90. The number of ketones is 1. The lowest BCUT2D eigenvalue weighted by Gasteiger charge is -2.32. The highest BCUT2D eigenvalue weighted by Crippen LogP contribution is 2.27. The van der Waals surface area contributed by atoms with Crippen LogP contribution in [-0.4, -0.2) is 30.6 Å². The molecule has 0 radical (unpaired) electrons. The first-order valence-corrected chi connectivity index (χ1v) is 5.97. The summed E-state index contributed by atoms with van der Waals surface area (Å²) in [6.45, 7) is 7.22. The topological polar surface area (TPSA) is 52.6 Å². The fourth-order valence-electron chi connectivity index (χ4n) is 2.05. The van der Waals surface area contributed by atoms with Crippen LogP contribution in [0.25, 0.3) is 0 Å². The van der Waals surface area contributed by atoms with E-state index in [4.69, 9.17) is 9.47 Å². The Labute approximate surface area is 102 Å². The fourth-order valence-corrected chi connectivity index (χ4v) is 2.05. The first-order valence-electron chi connectivity index (χ1n) is 5.97. The summed E-state index contributed by atoms with van der Waals surface area (Å²) in [6.07, 6.45) is 2.88. The Bertz CT molecular complexity index is 298. The second-order valence-electron chi connectivity index (χ2n) is 4.52. The van der Waals surface area contributed by atoms with Gasteiger partial charge in [0.1, 0.15) is 12.7 Å². The van der Waals surface area contributed by atoms with E-state index in [1.165, 1.54) is 13.0 Å². The number of rotatable bonds is 5. The standard InChI is InChI=1S/C13H20O4/c1-4-7-16-12(15)8-11-6-5-9(2)13(17-11)10(3)14/h4,9,11,13H,1,5-8H2,2-3H3/t9-,11+,13-/m0/s1. The summed E-state index contributed by atoms with van der Waals surface area (Å²) >= 11 is 0. The Kier molecular flexibility index (Phi) is 5.35. The first-order chi connectivity index (χ1) is 8.04. The summed E-state index contributed by atoms with van der Waals surface area (Å²) in [7, 11) is 0. The molecule has 0 bridgehead atoms. The second kappa shape index (κ2) is 6.55. The molecule has 0 N–H and O–H groups in total. The lowest BCUT2D eigenvalue weighted by Crippen LogP contribution is -2.39. The Hall–Kier alpha value is -1.16. The smallest absolute Gasteiger partial charge is 0.308 e. The second-order valence-corrected chi connectivity index (χ2v) is 4.52. The van der Waals surface area contributed by atoms with Gasteiger partial charge in [-0.1, -0.05) is 19.6 Å². The predicted octanol–water partition coefficient (Wildman–Crippen LogP) is 1.88. The molecule has 0 saturated carbocycles. The van der Waals surface area contributed by atoms with Gasteiger partial charge in [-0.3, -0.25) is 9.59 Å². The summed E-state index contributed by atoms with van der Waals surface area (Å²) < 4.78 is 10.5.